The highest BCUT2D eigenvalue weighted by Gasteiger charge is 2.60. The third-order valence-electron chi connectivity index (χ3n) is 4.53. The molecule has 1 atom stereocenters. The maximum absolute atomic E-state index is 13.1. The van der Waals surface area contributed by atoms with Crippen LogP contribution in [0.5, 0.6) is 5.75 Å². The zero-order valence-electron chi connectivity index (χ0n) is 15.7. The Morgan fingerprint density at radius 1 is 0.968 bits per heavy atom. The molecule has 168 valence electrons. The monoisotopic (exact) mass is 451 g/mol. The lowest BCUT2D eigenvalue weighted by Crippen LogP contribution is -2.48. The lowest BCUT2D eigenvalue weighted by molar-refractivity contribution is -0.308. The van der Waals surface area contributed by atoms with Crippen LogP contribution in [0.25, 0.3) is 11.1 Å². The molecule has 2 aromatic rings. The van der Waals surface area contributed by atoms with Crippen LogP contribution >= 0.6 is 0 Å². The molecule has 3 rings (SSSR count). The van der Waals surface area contributed by atoms with Gasteiger partial charge in [-0.2, -0.15) is 26.3 Å². The highest BCUT2D eigenvalue weighted by molar-refractivity contribution is 5.68. The quantitative estimate of drug-likeness (QED) is 0.570. The summed E-state index contributed by atoms with van der Waals surface area (Å²) >= 11 is 0. The fourth-order valence-electron chi connectivity index (χ4n) is 3.07. The molecule has 0 unspecified atom stereocenters. The van der Waals surface area contributed by atoms with Crippen molar-refractivity contribution in [1.82, 2.24) is 4.90 Å². The van der Waals surface area contributed by atoms with Crippen LogP contribution < -0.4 is 4.74 Å². The molecule has 1 fully saturated rings. The summed E-state index contributed by atoms with van der Waals surface area (Å²) in [6.45, 7) is -0.356. The van der Waals surface area contributed by atoms with Crippen LogP contribution in [0.1, 0.15) is 6.42 Å². The van der Waals surface area contributed by atoms with Crippen LogP contribution in [0.4, 0.5) is 35.5 Å². The average Bonchev–Trinajstić information content (AvgIpc) is 3.13. The van der Waals surface area contributed by atoms with Gasteiger partial charge in [0.15, 0.2) is 0 Å². The molecule has 0 radical (unpaired) electrons. The fourth-order valence-corrected chi connectivity index (χ4v) is 3.07. The summed E-state index contributed by atoms with van der Waals surface area (Å²) in [6, 6.07) is 12.4. The molecule has 1 aliphatic rings. The number of carbonyl (C=O) groups excluding carboxylic acids is 1. The van der Waals surface area contributed by atoms with E-state index in [9.17, 15) is 35.5 Å². The minimum atomic E-state index is -5.77. The van der Waals surface area contributed by atoms with Gasteiger partial charge >= 0.3 is 18.4 Å². The summed E-state index contributed by atoms with van der Waals surface area (Å²) in [5.41, 5.74) is 1.43. The van der Waals surface area contributed by atoms with Crippen molar-refractivity contribution in [3.8, 4) is 16.9 Å². The Labute approximate surface area is 172 Å². The summed E-state index contributed by atoms with van der Waals surface area (Å²) in [5, 5.41) is 0. The molecule has 0 spiro atoms. The van der Waals surface area contributed by atoms with E-state index in [2.05, 4.69) is 4.74 Å². The van der Waals surface area contributed by atoms with E-state index in [1.807, 2.05) is 0 Å². The first-order valence-electron chi connectivity index (χ1n) is 9.05. The zero-order valence-corrected chi connectivity index (χ0v) is 15.7. The van der Waals surface area contributed by atoms with Gasteiger partial charge in [0, 0.05) is 13.0 Å². The average molecular weight is 451 g/mol. The Balaban J connectivity index is 1.62. The van der Waals surface area contributed by atoms with Gasteiger partial charge in [-0.3, -0.25) is 0 Å². The van der Waals surface area contributed by atoms with Gasteiger partial charge in [-0.1, -0.05) is 24.3 Å². The van der Waals surface area contributed by atoms with Crippen LogP contribution in [-0.2, 0) is 4.74 Å². The molecule has 0 saturated carbocycles. The molecular weight excluding hydrogens is 435 g/mol. The second-order valence-electron chi connectivity index (χ2n) is 6.86. The smallest absolute Gasteiger partial charge is 0.434 e. The Morgan fingerprint density at radius 3 is 2.23 bits per heavy atom. The second-order valence-corrected chi connectivity index (χ2v) is 6.86. The summed E-state index contributed by atoms with van der Waals surface area (Å²) in [5.74, 6) is -0.0159. The van der Waals surface area contributed by atoms with E-state index >= 15 is 0 Å². The van der Waals surface area contributed by atoms with E-state index in [0.29, 0.717) is 16.9 Å². The maximum atomic E-state index is 13.1. The van der Waals surface area contributed by atoms with Crippen molar-refractivity contribution in [3.63, 3.8) is 0 Å². The van der Waals surface area contributed by atoms with Crippen LogP contribution in [0.3, 0.4) is 0 Å². The Morgan fingerprint density at radius 2 is 1.61 bits per heavy atom. The van der Waals surface area contributed by atoms with E-state index in [4.69, 9.17) is 4.74 Å². The van der Waals surface area contributed by atoms with Gasteiger partial charge in [0.25, 0.3) is 6.10 Å². The van der Waals surface area contributed by atoms with Crippen molar-refractivity contribution in [1.29, 1.82) is 0 Å². The Bertz CT molecular complexity index is 898. The second kappa shape index (κ2) is 8.64. The Hall–Kier alpha value is -2.98. The molecular formula is C20H16F7NO3. The summed E-state index contributed by atoms with van der Waals surface area (Å²) in [4.78, 5) is 12.6. The zero-order chi connectivity index (χ0) is 22.8. The molecule has 0 N–H and O–H groups in total. The van der Waals surface area contributed by atoms with E-state index < -0.39 is 36.5 Å². The van der Waals surface area contributed by atoms with Gasteiger partial charge in [-0.05, 0) is 35.4 Å². The van der Waals surface area contributed by atoms with E-state index in [1.54, 1.807) is 36.4 Å². The first kappa shape index (κ1) is 22.7. The third kappa shape index (κ3) is 5.80. The SMILES string of the molecule is O=C(OC(C(F)(F)F)C(F)(F)F)N1CC[C@H](Oc2cccc(-c3ccc(F)cc3)c2)C1. The molecule has 0 aliphatic carbocycles. The number of rotatable bonds is 4. The normalized spacial score (nSPS) is 17.2. The van der Waals surface area contributed by atoms with Crippen LogP contribution in [0.2, 0.25) is 0 Å². The van der Waals surface area contributed by atoms with Crippen molar-refractivity contribution < 1.29 is 45.0 Å². The van der Waals surface area contributed by atoms with Crippen molar-refractivity contribution in [2.24, 2.45) is 0 Å². The van der Waals surface area contributed by atoms with Crippen LogP contribution in [0, 0.1) is 5.82 Å². The van der Waals surface area contributed by atoms with Crippen LogP contribution in [0.15, 0.2) is 48.5 Å². The number of alkyl halides is 6. The summed E-state index contributed by atoms with van der Waals surface area (Å²) < 4.78 is 97.9. The number of nitrogens with zero attached hydrogens (tertiary/aromatic N) is 1. The van der Waals surface area contributed by atoms with Gasteiger partial charge < -0.3 is 14.4 Å². The summed E-state index contributed by atoms with van der Waals surface area (Å²) in [6.07, 6.45) is -17.9. The van der Waals surface area contributed by atoms with Gasteiger partial charge in [0.05, 0.1) is 6.54 Å². The first-order valence-corrected chi connectivity index (χ1v) is 9.05. The number of amides is 1. The van der Waals surface area contributed by atoms with Crippen molar-refractivity contribution in [2.45, 2.75) is 31.0 Å². The number of halogens is 7. The molecule has 1 heterocycles. The van der Waals surface area contributed by atoms with E-state index in [-0.39, 0.29) is 19.5 Å². The first-order chi connectivity index (χ1) is 14.4. The number of hydrogen-bond donors (Lipinski definition) is 0. The molecule has 0 bridgehead atoms. The number of likely N-dealkylation sites (tertiary alicyclic amines) is 1. The van der Waals surface area contributed by atoms with Gasteiger partial charge in [-0.25, -0.2) is 9.18 Å². The molecule has 1 saturated heterocycles. The number of ether oxygens (including phenoxy) is 2. The van der Waals surface area contributed by atoms with E-state index in [1.165, 1.54) is 12.1 Å². The van der Waals surface area contributed by atoms with E-state index in [0.717, 1.165) is 4.90 Å². The van der Waals surface area contributed by atoms with Crippen molar-refractivity contribution in [2.75, 3.05) is 13.1 Å². The molecule has 2 aromatic carbocycles. The maximum Gasteiger partial charge on any atom is 0.434 e. The predicted molar refractivity (Wildman–Crippen MR) is 94.8 cm³/mol. The largest absolute Gasteiger partial charge is 0.488 e. The molecule has 11 heteroatoms. The van der Waals surface area contributed by atoms with Gasteiger partial charge in [0.1, 0.15) is 17.7 Å². The number of carbonyl (C=O) groups is 1. The third-order valence-corrected chi connectivity index (χ3v) is 4.53. The molecule has 1 aliphatic heterocycles. The highest BCUT2D eigenvalue weighted by atomic mass is 19.4. The highest BCUT2D eigenvalue weighted by Crippen LogP contribution is 2.36. The van der Waals surface area contributed by atoms with Crippen molar-refractivity contribution in [3.05, 3.63) is 54.3 Å². The molecule has 0 aromatic heterocycles. The standard InChI is InChI=1S/C20H16F7NO3/c21-14-6-4-12(5-7-14)13-2-1-3-15(10-13)30-16-8-9-28(11-16)18(29)31-17(19(22,23)24)20(25,26)27/h1-7,10,16-17H,8-9,11H2/t16-/m0/s1. The van der Waals surface area contributed by atoms with Gasteiger partial charge in [0.2, 0.25) is 0 Å². The lowest BCUT2D eigenvalue weighted by Gasteiger charge is -2.25. The Kier molecular flexibility index (Phi) is 6.33. The van der Waals surface area contributed by atoms with Crippen molar-refractivity contribution >= 4 is 6.09 Å². The molecule has 1 amide bonds. The predicted octanol–water partition coefficient (Wildman–Crippen LogP) is 5.58. The molecule has 31 heavy (non-hydrogen) atoms. The van der Waals surface area contributed by atoms with Crippen LogP contribution in [-0.4, -0.2) is 48.6 Å². The number of hydrogen-bond acceptors (Lipinski definition) is 3. The fraction of sp³-hybridized carbons (Fsp3) is 0.350. The van der Waals surface area contributed by atoms with Gasteiger partial charge in [-0.15, -0.1) is 0 Å². The number of benzene rings is 2. The topological polar surface area (TPSA) is 38.8 Å². The minimum absolute atomic E-state index is 0.121. The summed E-state index contributed by atoms with van der Waals surface area (Å²) in [7, 11) is 0. The lowest BCUT2D eigenvalue weighted by atomic mass is 10.1. The molecule has 4 nitrogen and oxygen atoms in total. The minimum Gasteiger partial charge on any atom is -0.488 e.